The highest BCUT2D eigenvalue weighted by atomic mass is 16.6. The summed E-state index contributed by atoms with van der Waals surface area (Å²) in [6.45, 7) is 7.22. The maximum atomic E-state index is 11.2. The van der Waals surface area contributed by atoms with Gasteiger partial charge in [0, 0.05) is 13.1 Å². The van der Waals surface area contributed by atoms with E-state index in [2.05, 4.69) is 27.5 Å². The van der Waals surface area contributed by atoms with E-state index in [1.165, 1.54) is 19.3 Å². The summed E-state index contributed by atoms with van der Waals surface area (Å²) in [4.78, 5) is 19.2. The number of aryl methyl sites for hydroxylation is 1. The van der Waals surface area contributed by atoms with Crippen molar-refractivity contribution in [2.75, 3.05) is 23.7 Å². The Morgan fingerprint density at radius 3 is 2.67 bits per heavy atom. The predicted octanol–water partition coefficient (Wildman–Crippen LogP) is 2.97. The molecule has 0 radical (unpaired) electrons. The number of hydrogen-bond donors (Lipinski definition) is 2. The van der Waals surface area contributed by atoms with Crippen LogP contribution in [0.5, 0.6) is 0 Å². The number of nitrogens with zero attached hydrogens (tertiary/aromatic N) is 3. The van der Waals surface area contributed by atoms with Gasteiger partial charge in [-0.15, -0.1) is 0 Å². The van der Waals surface area contributed by atoms with Gasteiger partial charge < -0.3 is 10.6 Å². The normalized spacial score (nSPS) is 21.3. The summed E-state index contributed by atoms with van der Waals surface area (Å²) in [6.07, 6.45) is 3.65. The number of anilines is 2. The van der Waals surface area contributed by atoms with Gasteiger partial charge in [-0.1, -0.05) is 19.8 Å². The molecule has 2 N–H and O–H groups in total. The van der Waals surface area contributed by atoms with E-state index < -0.39 is 4.92 Å². The molecule has 1 aromatic heterocycles. The third kappa shape index (κ3) is 3.59. The fourth-order valence-corrected chi connectivity index (χ4v) is 2.90. The average molecular weight is 293 g/mol. The lowest BCUT2D eigenvalue weighted by molar-refractivity contribution is -0.385. The Balaban J connectivity index is 2.20. The summed E-state index contributed by atoms with van der Waals surface area (Å²) in [5, 5.41) is 17.4. The molecule has 116 valence electrons. The van der Waals surface area contributed by atoms with Gasteiger partial charge in [0.2, 0.25) is 11.8 Å². The van der Waals surface area contributed by atoms with Crippen LogP contribution >= 0.6 is 0 Å². The van der Waals surface area contributed by atoms with Crippen molar-refractivity contribution >= 4 is 17.5 Å². The van der Waals surface area contributed by atoms with E-state index in [1.807, 2.05) is 6.92 Å². The van der Waals surface area contributed by atoms with Gasteiger partial charge in [-0.2, -0.15) is 4.98 Å². The Morgan fingerprint density at radius 1 is 1.33 bits per heavy atom. The molecule has 2 rings (SSSR count). The van der Waals surface area contributed by atoms with E-state index in [9.17, 15) is 10.1 Å². The summed E-state index contributed by atoms with van der Waals surface area (Å²) < 4.78 is 0. The van der Waals surface area contributed by atoms with Crippen molar-refractivity contribution in [3.8, 4) is 0 Å². The number of nitro groups is 1. The fraction of sp³-hybridized carbons (Fsp3) is 0.714. The smallest absolute Gasteiger partial charge is 0.332 e. The van der Waals surface area contributed by atoms with Crippen LogP contribution in [-0.2, 0) is 0 Å². The van der Waals surface area contributed by atoms with Gasteiger partial charge >= 0.3 is 5.69 Å². The molecule has 1 aromatic rings. The highest BCUT2D eigenvalue weighted by Crippen LogP contribution is 2.32. The molecule has 2 atom stereocenters. The van der Waals surface area contributed by atoms with Crippen molar-refractivity contribution in [2.45, 2.75) is 40.0 Å². The SMILES string of the molecule is CCNc1nc(C)c([N+](=O)[O-])c(NCC2CCCC2C)n1. The van der Waals surface area contributed by atoms with E-state index in [0.717, 1.165) is 6.54 Å². The molecule has 1 fully saturated rings. The molecule has 1 aliphatic carbocycles. The second-order valence-corrected chi connectivity index (χ2v) is 5.67. The van der Waals surface area contributed by atoms with E-state index in [-0.39, 0.29) is 5.69 Å². The van der Waals surface area contributed by atoms with Gasteiger partial charge in [0.15, 0.2) is 0 Å². The van der Waals surface area contributed by atoms with E-state index >= 15 is 0 Å². The molecule has 0 bridgehead atoms. The summed E-state index contributed by atoms with van der Waals surface area (Å²) in [7, 11) is 0. The lowest BCUT2D eigenvalue weighted by atomic mass is 9.98. The molecule has 2 unspecified atom stereocenters. The van der Waals surface area contributed by atoms with Crippen LogP contribution in [0, 0.1) is 28.9 Å². The summed E-state index contributed by atoms with van der Waals surface area (Å²) >= 11 is 0. The highest BCUT2D eigenvalue weighted by Gasteiger charge is 2.26. The van der Waals surface area contributed by atoms with E-state index in [0.29, 0.717) is 35.8 Å². The zero-order valence-corrected chi connectivity index (χ0v) is 12.8. The zero-order valence-electron chi connectivity index (χ0n) is 12.8. The molecule has 21 heavy (non-hydrogen) atoms. The second-order valence-electron chi connectivity index (χ2n) is 5.67. The molecular formula is C14H23N5O2. The van der Waals surface area contributed by atoms with Crippen molar-refractivity contribution in [3.05, 3.63) is 15.8 Å². The van der Waals surface area contributed by atoms with Crippen molar-refractivity contribution < 1.29 is 4.92 Å². The molecule has 0 spiro atoms. The predicted molar refractivity (Wildman–Crippen MR) is 82.6 cm³/mol. The minimum absolute atomic E-state index is 0.0256. The maximum Gasteiger partial charge on any atom is 0.332 e. The average Bonchev–Trinajstić information content (AvgIpc) is 2.81. The molecule has 0 amide bonds. The molecule has 0 aromatic carbocycles. The lowest BCUT2D eigenvalue weighted by Gasteiger charge is -2.17. The summed E-state index contributed by atoms with van der Waals surface area (Å²) in [6, 6.07) is 0. The Labute approximate surface area is 124 Å². The van der Waals surface area contributed by atoms with Crippen molar-refractivity contribution in [2.24, 2.45) is 11.8 Å². The first-order valence-electron chi connectivity index (χ1n) is 7.53. The lowest BCUT2D eigenvalue weighted by Crippen LogP contribution is -2.19. The van der Waals surface area contributed by atoms with Crippen molar-refractivity contribution in [1.29, 1.82) is 0 Å². The molecule has 0 aliphatic heterocycles. The topological polar surface area (TPSA) is 93.0 Å². The van der Waals surface area contributed by atoms with Crippen LogP contribution in [0.15, 0.2) is 0 Å². The number of aromatic nitrogens is 2. The highest BCUT2D eigenvalue weighted by molar-refractivity contribution is 5.60. The first kappa shape index (κ1) is 15.5. The number of nitrogens with one attached hydrogen (secondary N) is 2. The van der Waals surface area contributed by atoms with E-state index in [1.54, 1.807) is 6.92 Å². The monoisotopic (exact) mass is 293 g/mol. The molecule has 7 nitrogen and oxygen atoms in total. The van der Waals surface area contributed by atoms with Gasteiger partial charge in [0.25, 0.3) is 0 Å². The van der Waals surface area contributed by atoms with Crippen LogP contribution in [-0.4, -0.2) is 28.0 Å². The minimum Gasteiger partial charge on any atom is -0.364 e. The molecule has 0 saturated heterocycles. The largest absolute Gasteiger partial charge is 0.364 e. The molecule has 1 saturated carbocycles. The van der Waals surface area contributed by atoms with Gasteiger partial charge in [-0.3, -0.25) is 10.1 Å². The Morgan fingerprint density at radius 2 is 2.10 bits per heavy atom. The maximum absolute atomic E-state index is 11.2. The second kappa shape index (κ2) is 6.69. The Kier molecular flexibility index (Phi) is 4.93. The summed E-state index contributed by atoms with van der Waals surface area (Å²) in [5.41, 5.74) is 0.357. The standard InChI is InChI=1S/C14H23N5O2/c1-4-15-14-17-10(3)12(19(20)21)13(18-14)16-8-11-7-5-6-9(11)2/h9,11H,4-8H2,1-3H3,(H2,15,16,17,18). The first-order chi connectivity index (χ1) is 10.0. The summed E-state index contributed by atoms with van der Waals surface area (Å²) in [5.74, 6) is 1.97. The van der Waals surface area contributed by atoms with Gasteiger partial charge in [-0.05, 0) is 32.1 Å². The molecule has 7 heteroatoms. The van der Waals surface area contributed by atoms with Gasteiger partial charge in [0.05, 0.1) is 4.92 Å². The number of rotatable bonds is 6. The van der Waals surface area contributed by atoms with Crippen molar-refractivity contribution in [3.63, 3.8) is 0 Å². The Bertz CT molecular complexity index is 520. The van der Waals surface area contributed by atoms with Gasteiger partial charge in [0.1, 0.15) is 5.69 Å². The zero-order chi connectivity index (χ0) is 15.4. The minimum atomic E-state index is -0.411. The molecule has 1 aliphatic rings. The van der Waals surface area contributed by atoms with Crippen molar-refractivity contribution in [1.82, 2.24) is 9.97 Å². The quantitative estimate of drug-likeness (QED) is 0.618. The third-order valence-corrected chi connectivity index (χ3v) is 4.15. The van der Waals surface area contributed by atoms with Crippen LogP contribution in [0.3, 0.4) is 0 Å². The third-order valence-electron chi connectivity index (χ3n) is 4.15. The number of hydrogen-bond acceptors (Lipinski definition) is 6. The molecular weight excluding hydrogens is 270 g/mol. The van der Waals surface area contributed by atoms with Crippen LogP contribution in [0.25, 0.3) is 0 Å². The van der Waals surface area contributed by atoms with Crippen LogP contribution in [0.1, 0.15) is 38.8 Å². The van der Waals surface area contributed by atoms with Crippen LogP contribution in [0.2, 0.25) is 0 Å². The Hall–Kier alpha value is -1.92. The van der Waals surface area contributed by atoms with E-state index in [4.69, 9.17) is 0 Å². The van der Waals surface area contributed by atoms with Crippen LogP contribution < -0.4 is 10.6 Å². The molecule has 1 heterocycles. The van der Waals surface area contributed by atoms with Crippen LogP contribution in [0.4, 0.5) is 17.5 Å². The first-order valence-corrected chi connectivity index (χ1v) is 7.53. The fourth-order valence-electron chi connectivity index (χ4n) is 2.90. The van der Waals surface area contributed by atoms with Gasteiger partial charge in [-0.25, -0.2) is 4.98 Å².